The molecule has 112 valence electrons. The van der Waals surface area contributed by atoms with E-state index < -0.39 is 0 Å². The molecule has 0 fully saturated rings. The molecule has 1 aromatic carbocycles. The summed E-state index contributed by atoms with van der Waals surface area (Å²) in [4.78, 5) is 16.7. The van der Waals surface area contributed by atoms with Gasteiger partial charge < -0.3 is 0 Å². The summed E-state index contributed by atoms with van der Waals surface area (Å²) in [5.41, 5.74) is 3.65. The van der Waals surface area contributed by atoms with E-state index in [1.807, 2.05) is 43.5 Å². The standard InChI is InChI=1S/C16H16N4OS/c1-3-20-14(8-9-17-20)15(21)19-16-18-13(10-22-16)12-6-4-11(2)5-7-12/h4-10H,3H2,1-2H3,(H,18,19,21). The van der Waals surface area contributed by atoms with Gasteiger partial charge in [-0.15, -0.1) is 11.3 Å². The molecule has 0 aliphatic heterocycles. The molecule has 0 atom stereocenters. The van der Waals surface area contributed by atoms with E-state index in [9.17, 15) is 4.79 Å². The van der Waals surface area contributed by atoms with Crippen molar-refractivity contribution in [3.8, 4) is 11.3 Å². The summed E-state index contributed by atoms with van der Waals surface area (Å²) in [5.74, 6) is -0.191. The van der Waals surface area contributed by atoms with Crippen molar-refractivity contribution in [2.45, 2.75) is 20.4 Å². The molecule has 6 heteroatoms. The van der Waals surface area contributed by atoms with Gasteiger partial charge in [0, 0.05) is 23.7 Å². The van der Waals surface area contributed by atoms with Crippen LogP contribution in [0.15, 0.2) is 41.9 Å². The highest BCUT2D eigenvalue weighted by molar-refractivity contribution is 7.14. The molecular weight excluding hydrogens is 296 g/mol. The van der Waals surface area contributed by atoms with E-state index in [0.29, 0.717) is 17.4 Å². The third-order valence-corrected chi connectivity index (χ3v) is 4.08. The summed E-state index contributed by atoms with van der Waals surface area (Å²) in [6, 6.07) is 9.86. The predicted octanol–water partition coefficient (Wildman–Crippen LogP) is 3.59. The minimum Gasteiger partial charge on any atom is -0.296 e. The summed E-state index contributed by atoms with van der Waals surface area (Å²) < 4.78 is 1.66. The monoisotopic (exact) mass is 312 g/mol. The number of carbonyl (C=O) groups excluding carboxylic acids is 1. The van der Waals surface area contributed by atoms with Gasteiger partial charge in [0.25, 0.3) is 5.91 Å². The fraction of sp³-hybridized carbons (Fsp3) is 0.188. The lowest BCUT2D eigenvalue weighted by atomic mass is 10.1. The second-order valence-corrected chi connectivity index (χ2v) is 5.75. The third kappa shape index (κ3) is 2.92. The van der Waals surface area contributed by atoms with Crippen molar-refractivity contribution in [1.29, 1.82) is 0 Å². The molecule has 3 aromatic rings. The normalized spacial score (nSPS) is 10.6. The molecule has 2 aromatic heterocycles. The number of anilines is 1. The third-order valence-electron chi connectivity index (χ3n) is 3.32. The molecule has 3 rings (SSSR count). The number of benzene rings is 1. The van der Waals surface area contributed by atoms with Crippen molar-refractivity contribution >= 4 is 22.4 Å². The minimum absolute atomic E-state index is 0.191. The van der Waals surface area contributed by atoms with Crippen LogP contribution in [-0.4, -0.2) is 20.7 Å². The largest absolute Gasteiger partial charge is 0.296 e. The number of hydrogen-bond donors (Lipinski definition) is 1. The molecule has 1 amide bonds. The average molecular weight is 312 g/mol. The fourth-order valence-corrected chi connectivity index (χ4v) is 2.84. The van der Waals surface area contributed by atoms with Crippen LogP contribution in [0.1, 0.15) is 23.0 Å². The van der Waals surface area contributed by atoms with E-state index in [2.05, 4.69) is 15.4 Å². The summed E-state index contributed by atoms with van der Waals surface area (Å²) in [5, 5.41) is 9.45. The van der Waals surface area contributed by atoms with Crippen LogP contribution in [-0.2, 0) is 6.54 Å². The van der Waals surface area contributed by atoms with E-state index in [1.165, 1.54) is 16.9 Å². The van der Waals surface area contributed by atoms with E-state index in [1.54, 1.807) is 16.9 Å². The molecule has 22 heavy (non-hydrogen) atoms. The molecule has 1 N–H and O–H groups in total. The molecular formula is C16H16N4OS. The summed E-state index contributed by atoms with van der Waals surface area (Å²) in [6.45, 7) is 4.65. The molecule has 0 aliphatic rings. The van der Waals surface area contributed by atoms with Gasteiger partial charge in [0.05, 0.1) is 5.69 Å². The highest BCUT2D eigenvalue weighted by atomic mass is 32.1. The first-order valence-corrected chi connectivity index (χ1v) is 7.91. The summed E-state index contributed by atoms with van der Waals surface area (Å²) >= 11 is 1.41. The lowest BCUT2D eigenvalue weighted by molar-refractivity contribution is 0.101. The van der Waals surface area contributed by atoms with E-state index in [-0.39, 0.29) is 5.91 Å². The van der Waals surface area contributed by atoms with Crippen molar-refractivity contribution in [3.63, 3.8) is 0 Å². The Labute approximate surface area is 132 Å². The molecule has 0 aliphatic carbocycles. The van der Waals surface area contributed by atoms with Gasteiger partial charge in [0.1, 0.15) is 5.69 Å². The highest BCUT2D eigenvalue weighted by Crippen LogP contribution is 2.25. The molecule has 0 spiro atoms. The van der Waals surface area contributed by atoms with Crippen LogP contribution in [0, 0.1) is 6.92 Å². The first kappa shape index (κ1) is 14.5. The lowest BCUT2D eigenvalue weighted by Gasteiger charge is -2.03. The van der Waals surface area contributed by atoms with Gasteiger partial charge >= 0.3 is 0 Å². The van der Waals surface area contributed by atoms with Gasteiger partial charge in [-0.25, -0.2) is 4.98 Å². The first-order valence-electron chi connectivity index (χ1n) is 7.03. The van der Waals surface area contributed by atoms with Crippen LogP contribution in [0.25, 0.3) is 11.3 Å². The number of aryl methyl sites for hydroxylation is 2. The van der Waals surface area contributed by atoms with E-state index in [0.717, 1.165) is 11.3 Å². The summed E-state index contributed by atoms with van der Waals surface area (Å²) in [6.07, 6.45) is 1.62. The zero-order valence-electron chi connectivity index (χ0n) is 12.4. The topological polar surface area (TPSA) is 59.8 Å². The van der Waals surface area contributed by atoms with E-state index in [4.69, 9.17) is 0 Å². The molecule has 5 nitrogen and oxygen atoms in total. The SMILES string of the molecule is CCn1nccc1C(=O)Nc1nc(-c2ccc(C)cc2)cs1. The Hall–Kier alpha value is -2.47. The minimum atomic E-state index is -0.191. The maximum atomic E-state index is 12.2. The number of hydrogen-bond acceptors (Lipinski definition) is 4. The number of amides is 1. The predicted molar refractivity (Wildman–Crippen MR) is 88.1 cm³/mol. The van der Waals surface area contributed by atoms with E-state index >= 15 is 0 Å². The van der Waals surface area contributed by atoms with Crippen LogP contribution in [0.2, 0.25) is 0 Å². The van der Waals surface area contributed by atoms with Gasteiger partial charge in [-0.3, -0.25) is 14.8 Å². The Morgan fingerprint density at radius 2 is 2.05 bits per heavy atom. The number of thiazole rings is 1. The average Bonchev–Trinajstić information content (AvgIpc) is 3.16. The lowest BCUT2D eigenvalue weighted by Crippen LogP contribution is -2.17. The van der Waals surface area contributed by atoms with Crippen molar-refractivity contribution in [2.24, 2.45) is 0 Å². The van der Waals surface area contributed by atoms with Crippen molar-refractivity contribution in [2.75, 3.05) is 5.32 Å². The summed E-state index contributed by atoms with van der Waals surface area (Å²) in [7, 11) is 0. The highest BCUT2D eigenvalue weighted by Gasteiger charge is 2.13. The second kappa shape index (κ2) is 6.11. The second-order valence-electron chi connectivity index (χ2n) is 4.89. The van der Waals surface area contributed by atoms with Gasteiger partial charge in [-0.2, -0.15) is 5.10 Å². The van der Waals surface area contributed by atoms with Gasteiger partial charge in [-0.1, -0.05) is 29.8 Å². The Kier molecular flexibility index (Phi) is 4.02. The molecule has 2 heterocycles. The first-order chi connectivity index (χ1) is 10.7. The smallest absolute Gasteiger partial charge is 0.275 e. The number of rotatable bonds is 4. The van der Waals surface area contributed by atoms with Crippen LogP contribution in [0.5, 0.6) is 0 Å². The van der Waals surface area contributed by atoms with Crippen LogP contribution in [0.3, 0.4) is 0 Å². The van der Waals surface area contributed by atoms with Crippen LogP contribution in [0.4, 0.5) is 5.13 Å². The molecule has 0 saturated carbocycles. The van der Waals surface area contributed by atoms with Crippen LogP contribution >= 0.6 is 11.3 Å². The van der Waals surface area contributed by atoms with Crippen molar-refractivity contribution in [1.82, 2.24) is 14.8 Å². The number of carbonyl (C=O) groups is 1. The molecule has 0 unspecified atom stereocenters. The van der Waals surface area contributed by atoms with Gasteiger partial charge in [0.2, 0.25) is 0 Å². The fourth-order valence-electron chi connectivity index (χ4n) is 2.13. The zero-order chi connectivity index (χ0) is 15.5. The maximum absolute atomic E-state index is 12.2. The number of nitrogens with zero attached hydrogens (tertiary/aromatic N) is 3. The van der Waals surface area contributed by atoms with Crippen molar-refractivity contribution in [3.05, 3.63) is 53.2 Å². The van der Waals surface area contributed by atoms with Gasteiger partial charge in [0.15, 0.2) is 5.13 Å². The Morgan fingerprint density at radius 1 is 1.27 bits per heavy atom. The zero-order valence-corrected chi connectivity index (χ0v) is 13.2. The quantitative estimate of drug-likeness (QED) is 0.801. The molecule has 0 bridgehead atoms. The van der Waals surface area contributed by atoms with Crippen molar-refractivity contribution < 1.29 is 4.79 Å². The maximum Gasteiger partial charge on any atom is 0.275 e. The number of nitrogens with one attached hydrogen (secondary N) is 1. The van der Waals surface area contributed by atoms with Gasteiger partial charge in [-0.05, 0) is 19.9 Å². The molecule has 0 saturated heterocycles. The number of aromatic nitrogens is 3. The van der Waals surface area contributed by atoms with Crippen LogP contribution < -0.4 is 5.32 Å². The Morgan fingerprint density at radius 3 is 2.77 bits per heavy atom. The Bertz CT molecular complexity index is 789. The Balaban J connectivity index is 1.77. The molecule has 0 radical (unpaired) electrons.